The highest BCUT2D eigenvalue weighted by Gasteiger charge is 2.17. The number of nitrogens with zero attached hydrogens (tertiary/aromatic N) is 1. The van der Waals surface area contributed by atoms with Crippen LogP contribution in [0.25, 0.3) is 0 Å². The van der Waals surface area contributed by atoms with Crippen molar-refractivity contribution < 1.29 is 17.9 Å². The quantitative estimate of drug-likeness (QED) is 0.871. The van der Waals surface area contributed by atoms with Gasteiger partial charge in [0.2, 0.25) is 10.0 Å². The summed E-state index contributed by atoms with van der Waals surface area (Å²) in [6.07, 6.45) is 0. The highest BCUT2D eigenvalue weighted by atomic mass is 32.2. The predicted molar refractivity (Wildman–Crippen MR) is 85.2 cm³/mol. The molecule has 6 nitrogen and oxygen atoms in total. The maximum Gasteiger partial charge on any atom is 0.241 e. The molecular formula is C14H18N2O4S2. The molecule has 0 saturated carbocycles. The second-order valence-electron chi connectivity index (χ2n) is 4.59. The molecule has 0 bridgehead atoms. The summed E-state index contributed by atoms with van der Waals surface area (Å²) < 4.78 is 37.4. The standard InChI is InChI=1S/C14H18N2O4S2/c1-9-10(2)21-14(16-9)8-15-22(17,18)11-5-6-12(19-3)13(7-11)20-4/h5-7,15H,8H2,1-4H3. The highest BCUT2D eigenvalue weighted by molar-refractivity contribution is 7.89. The van der Waals surface area contributed by atoms with Crippen molar-refractivity contribution in [3.05, 3.63) is 33.8 Å². The maximum atomic E-state index is 12.3. The molecule has 0 aliphatic rings. The van der Waals surface area contributed by atoms with Crippen molar-refractivity contribution in [3.63, 3.8) is 0 Å². The SMILES string of the molecule is COc1ccc(S(=O)(=O)NCc2nc(C)c(C)s2)cc1OC. The second-order valence-corrected chi connectivity index (χ2v) is 7.65. The van der Waals surface area contributed by atoms with E-state index in [2.05, 4.69) is 9.71 Å². The van der Waals surface area contributed by atoms with Gasteiger partial charge in [-0.1, -0.05) is 0 Å². The van der Waals surface area contributed by atoms with Gasteiger partial charge < -0.3 is 9.47 Å². The molecule has 0 aliphatic heterocycles. The van der Waals surface area contributed by atoms with Crippen LogP contribution < -0.4 is 14.2 Å². The van der Waals surface area contributed by atoms with Crippen LogP contribution in [-0.2, 0) is 16.6 Å². The molecule has 0 aliphatic carbocycles. The third kappa shape index (κ3) is 3.57. The molecule has 0 unspecified atom stereocenters. The Morgan fingerprint density at radius 1 is 1.18 bits per heavy atom. The van der Waals surface area contributed by atoms with Crippen molar-refractivity contribution in [2.24, 2.45) is 0 Å². The Labute approximate surface area is 134 Å². The third-order valence-electron chi connectivity index (χ3n) is 3.15. The van der Waals surface area contributed by atoms with Gasteiger partial charge >= 0.3 is 0 Å². The van der Waals surface area contributed by atoms with Crippen LogP contribution in [0.3, 0.4) is 0 Å². The number of hydrogen-bond donors (Lipinski definition) is 1. The molecule has 1 aromatic carbocycles. The van der Waals surface area contributed by atoms with E-state index in [-0.39, 0.29) is 11.4 Å². The fourth-order valence-electron chi connectivity index (χ4n) is 1.84. The van der Waals surface area contributed by atoms with Gasteiger partial charge in [0.05, 0.1) is 31.4 Å². The zero-order valence-electron chi connectivity index (χ0n) is 12.8. The molecule has 1 heterocycles. The Balaban J connectivity index is 2.19. The summed E-state index contributed by atoms with van der Waals surface area (Å²) >= 11 is 1.48. The minimum absolute atomic E-state index is 0.121. The number of thiazole rings is 1. The highest BCUT2D eigenvalue weighted by Crippen LogP contribution is 2.29. The molecule has 22 heavy (non-hydrogen) atoms. The number of ether oxygens (including phenoxy) is 2. The van der Waals surface area contributed by atoms with E-state index in [0.717, 1.165) is 15.6 Å². The lowest BCUT2D eigenvalue weighted by molar-refractivity contribution is 0.354. The molecule has 1 N–H and O–H groups in total. The first kappa shape index (κ1) is 16.7. The Kier molecular flexibility index (Phi) is 5.05. The molecule has 0 radical (unpaired) electrons. The largest absolute Gasteiger partial charge is 0.493 e. The molecule has 120 valence electrons. The van der Waals surface area contributed by atoms with Gasteiger partial charge in [-0.05, 0) is 26.0 Å². The second kappa shape index (κ2) is 6.64. The lowest BCUT2D eigenvalue weighted by Gasteiger charge is -2.10. The summed E-state index contributed by atoms with van der Waals surface area (Å²) in [6.45, 7) is 4.02. The summed E-state index contributed by atoms with van der Waals surface area (Å²) in [5.41, 5.74) is 0.922. The zero-order chi connectivity index (χ0) is 16.3. The molecule has 0 spiro atoms. The van der Waals surface area contributed by atoms with E-state index in [9.17, 15) is 8.42 Å². The molecule has 2 aromatic rings. The topological polar surface area (TPSA) is 77.5 Å². The van der Waals surface area contributed by atoms with E-state index in [0.29, 0.717) is 11.5 Å². The van der Waals surface area contributed by atoms with Crippen LogP contribution in [0.5, 0.6) is 11.5 Å². The predicted octanol–water partition coefficient (Wildman–Crippen LogP) is 2.26. The Morgan fingerprint density at radius 2 is 1.86 bits per heavy atom. The summed E-state index contributed by atoms with van der Waals surface area (Å²) in [4.78, 5) is 5.52. The lowest BCUT2D eigenvalue weighted by atomic mass is 10.3. The Bertz CT molecular complexity index is 750. The Hall–Kier alpha value is -1.64. The molecule has 0 saturated heterocycles. The van der Waals surface area contributed by atoms with Crippen molar-refractivity contribution in [1.82, 2.24) is 9.71 Å². The first-order valence-corrected chi connectivity index (χ1v) is 8.82. The number of sulfonamides is 1. The summed E-state index contributed by atoms with van der Waals surface area (Å²) in [5.74, 6) is 0.846. The fraction of sp³-hybridized carbons (Fsp3) is 0.357. The lowest BCUT2D eigenvalue weighted by Crippen LogP contribution is -2.23. The molecular weight excluding hydrogens is 324 g/mol. The number of benzene rings is 1. The summed E-state index contributed by atoms with van der Waals surface area (Å²) in [5, 5.41) is 0.735. The zero-order valence-corrected chi connectivity index (χ0v) is 14.5. The van der Waals surface area contributed by atoms with Crippen LogP contribution in [0.15, 0.2) is 23.1 Å². The van der Waals surface area contributed by atoms with Crippen molar-refractivity contribution in [1.29, 1.82) is 0 Å². The van der Waals surface area contributed by atoms with Crippen LogP contribution in [0.2, 0.25) is 0 Å². The van der Waals surface area contributed by atoms with Crippen molar-refractivity contribution in [2.45, 2.75) is 25.3 Å². The van der Waals surface area contributed by atoms with E-state index in [1.54, 1.807) is 6.07 Å². The molecule has 1 aromatic heterocycles. The van der Waals surface area contributed by atoms with Gasteiger partial charge in [0.25, 0.3) is 0 Å². The average Bonchev–Trinajstić information content (AvgIpc) is 2.83. The molecule has 0 amide bonds. The number of aromatic nitrogens is 1. The van der Waals surface area contributed by atoms with E-state index in [1.807, 2.05) is 13.8 Å². The number of nitrogens with one attached hydrogen (secondary N) is 1. The minimum atomic E-state index is -3.64. The van der Waals surface area contributed by atoms with Crippen LogP contribution in [0.1, 0.15) is 15.6 Å². The van der Waals surface area contributed by atoms with Crippen molar-refractivity contribution >= 4 is 21.4 Å². The van der Waals surface area contributed by atoms with Gasteiger partial charge in [-0.15, -0.1) is 11.3 Å². The number of methoxy groups -OCH3 is 2. The third-order valence-corrected chi connectivity index (χ3v) is 5.62. The van der Waals surface area contributed by atoms with E-state index < -0.39 is 10.0 Å². The van der Waals surface area contributed by atoms with Gasteiger partial charge in [0.15, 0.2) is 11.5 Å². The monoisotopic (exact) mass is 342 g/mol. The van der Waals surface area contributed by atoms with Gasteiger partial charge in [-0.25, -0.2) is 18.1 Å². The van der Waals surface area contributed by atoms with Crippen molar-refractivity contribution in [3.8, 4) is 11.5 Å². The molecule has 2 rings (SSSR count). The Morgan fingerprint density at radius 3 is 2.41 bits per heavy atom. The first-order valence-electron chi connectivity index (χ1n) is 6.52. The number of hydrogen-bond acceptors (Lipinski definition) is 6. The van der Waals surface area contributed by atoms with Gasteiger partial charge in [-0.2, -0.15) is 0 Å². The molecule has 0 fully saturated rings. The van der Waals surface area contributed by atoms with E-state index in [1.165, 1.54) is 37.7 Å². The van der Waals surface area contributed by atoms with Gasteiger partial charge in [0.1, 0.15) is 5.01 Å². The van der Waals surface area contributed by atoms with Crippen molar-refractivity contribution in [2.75, 3.05) is 14.2 Å². The smallest absolute Gasteiger partial charge is 0.241 e. The molecule has 8 heteroatoms. The first-order chi connectivity index (χ1) is 10.4. The maximum absolute atomic E-state index is 12.3. The van der Waals surface area contributed by atoms with E-state index in [4.69, 9.17) is 9.47 Å². The fourth-order valence-corrected chi connectivity index (χ4v) is 3.81. The van der Waals surface area contributed by atoms with E-state index >= 15 is 0 Å². The molecule has 0 atom stereocenters. The number of aryl methyl sites for hydroxylation is 2. The number of rotatable bonds is 6. The summed E-state index contributed by atoms with van der Waals surface area (Å²) in [6, 6.07) is 4.46. The minimum Gasteiger partial charge on any atom is -0.493 e. The van der Waals surface area contributed by atoms with Gasteiger partial charge in [-0.3, -0.25) is 0 Å². The van der Waals surface area contributed by atoms with Crippen LogP contribution in [0.4, 0.5) is 0 Å². The van der Waals surface area contributed by atoms with Crippen LogP contribution in [-0.4, -0.2) is 27.6 Å². The normalized spacial score (nSPS) is 11.5. The summed E-state index contributed by atoms with van der Waals surface area (Å²) in [7, 11) is -0.680. The average molecular weight is 342 g/mol. The van der Waals surface area contributed by atoms with Crippen LogP contribution in [0, 0.1) is 13.8 Å². The van der Waals surface area contributed by atoms with Crippen LogP contribution >= 0.6 is 11.3 Å². The van der Waals surface area contributed by atoms with Gasteiger partial charge in [0, 0.05) is 10.9 Å².